The topological polar surface area (TPSA) is 68.0 Å². The Morgan fingerprint density at radius 2 is 1.89 bits per heavy atom. The predicted octanol–water partition coefficient (Wildman–Crippen LogP) is 2.43. The van der Waals surface area contributed by atoms with Gasteiger partial charge in [0.05, 0.1) is 11.3 Å². The average Bonchev–Trinajstić information content (AvgIpc) is 2.81. The maximum absolute atomic E-state index is 10.9. The van der Waals surface area contributed by atoms with Crippen molar-refractivity contribution in [3.63, 3.8) is 0 Å². The van der Waals surface area contributed by atoms with Gasteiger partial charge in [-0.1, -0.05) is 12.1 Å². The first-order valence-electron chi connectivity index (χ1n) is 5.81. The Hall–Kier alpha value is -2.69. The van der Waals surface area contributed by atoms with E-state index in [1.165, 1.54) is 16.9 Å². The molecule has 0 spiro atoms. The van der Waals surface area contributed by atoms with Crippen molar-refractivity contribution in [1.82, 2.24) is 15.0 Å². The summed E-state index contributed by atoms with van der Waals surface area (Å²) >= 11 is 0. The van der Waals surface area contributed by atoms with E-state index in [1.807, 2.05) is 31.2 Å². The fraction of sp³-hybridized carbons (Fsp3) is 0.0714. The zero-order valence-electron chi connectivity index (χ0n) is 10.2. The third-order valence-electron chi connectivity index (χ3n) is 2.86. The number of carboxylic acids is 1. The number of carbonyl (C=O) groups is 1. The first kappa shape index (κ1) is 11.4. The van der Waals surface area contributed by atoms with E-state index < -0.39 is 5.97 Å². The Morgan fingerprint density at radius 3 is 2.63 bits per heavy atom. The van der Waals surface area contributed by atoms with Crippen molar-refractivity contribution in [2.45, 2.75) is 6.92 Å². The number of carboxylic acid groups (broad SMARTS) is 1. The molecule has 1 aromatic heterocycles. The summed E-state index contributed by atoms with van der Waals surface area (Å²) in [5, 5.41) is 17.6. The second-order valence-electron chi connectivity index (χ2n) is 4.34. The molecule has 1 heterocycles. The molecule has 0 saturated carbocycles. The maximum Gasteiger partial charge on any atom is 0.335 e. The van der Waals surface area contributed by atoms with E-state index in [-0.39, 0.29) is 5.56 Å². The number of nitrogens with zero attached hydrogens (tertiary/aromatic N) is 3. The molecule has 19 heavy (non-hydrogen) atoms. The summed E-state index contributed by atoms with van der Waals surface area (Å²) in [5.41, 5.74) is 3.43. The van der Waals surface area contributed by atoms with Crippen molar-refractivity contribution in [2.75, 3.05) is 0 Å². The zero-order valence-corrected chi connectivity index (χ0v) is 10.2. The number of rotatable bonds is 2. The van der Waals surface area contributed by atoms with Crippen LogP contribution in [0.5, 0.6) is 0 Å². The molecule has 3 aromatic rings. The van der Waals surface area contributed by atoms with Gasteiger partial charge in [0.1, 0.15) is 11.0 Å². The largest absolute Gasteiger partial charge is 0.478 e. The first-order chi connectivity index (χ1) is 9.13. The standard InChI is InChI=1S/C14H11N3O2/c1-9-3-2-4-11(7-9)17-15-12-6-5-10(14(18)19)8-13(12)16-17/h2-8H,1H3,(H,18,19). The van der Waals surface area contributed by atoms with E-state index in [9.17, 15) is 4.79 Å². The van der Waals surface area contributed by atoms with Gasteiger partial charge in [0.25, 0.3) is 0 Å². The van der Waals surface area contributed by atoms with E-state index in [0.717, 1.165) is 11.3 Å². The highest BCUT2D eigenvalue weighted by atomic mass is 16.4. The molecular weight excluding hydrogens is 242 g/mol. The molecule has 0 fully saturated rings. The van der Waals surface area contributed by atoms with Crippen LogP contribution in [0.3, 0.4) is 0 Å². The Kier molecular flexibility index (Phi) is 2.52. The van der Waals surface area contributed by atoms with Gasteiger partial charge in [-0.25, -0.2) is 4.79 Å². The Bertz CT molecular complexity index is 777. The molecule has 3 rings (SSSR count). The van der Waals surface area contributed by atoms with Gasteiger partial charge in [-0.3, -0.25) is 0 Å². The third-order valence-corrected chi connectivity index (χ3v) is 2.86. The summed E-state index contributed by atoms with van der Waals surface area (Å²) in [5.74, 6) is -0.966. The van der Waals surface area contributed by atoms with E-state index in [1.54, 1.807) is 6.07 Å². The maximum atomic E-state index is 10.9. The van der Waals surface area contributed by atoms with E-state index in [0.29, 0.717) is 11.0 Å². The lowest BCUT2D eigenvalue weighted by Crippen LogP contribution is -1.98. The van der Waals surface area contributed by atoms with Gasteiger partial charge in [0.2, 0.25) is 0 Å². The van der Waals surface area contributed by atoms with Crippen molar-refractivity contribution in [3.05, 3.63) is 53.6 Å². The molecule has 0 atom stereocenters. The van der Waals surface area contributed by atoms with Gasteiger partial charge in [0, 0.05) is 0 Å². The second kappa shape index (κ2) is 4.20. The molecule has 0 aliphatic rings. The van der Waals surface area contributed by atoms with E-state index in [2.05, 4.69) is 10.2 Å². The SMILES string of the molecule is Cc1cccc(-n2nc3ccc(C(=O)O)cc3n2)c1. The van der Waals surface area contributed by atoms with Gasteiger partial charge in [-0.05, 0) is 42.8 Å². The fourth-order valence-electron chi connectivity index (χ4n) is 1.92. The molecule has 0 saturated heterocycles. The van der Waals surface area contributed by atoms with Crippen LogP contribution in [0.1, 0.15) is 15.9 Å². The molecule has 0 bridgehead atoms. The minimum Gasteiger partial charge on any atom is -0.478 e. The van der Waals surface area contributed by atoms with Crippen LogP contribution in [0.15, 0.2) is 42.5 Å². The molecule has 0 aliphatic carbocycles. The number of fused-ring (bicyclic) bond motifs is 1. The second-order valence-corrected chi connectivity index (χ2v) is 4.34. The number of aromatic carboxylic acids is 1. The highest BCUT2D eigenvalue weighted by molar-refractivity contribution is 5.92. The highest BCUT2D eigenvalue weighted by Crippen LogP contribution is 2.15. The normalized spacial score (nSPS) is 10.8. The van der Waals surface area contributed by atoms with Crippen LogP contribution < -0.4 is 0 Å². The van der Waals surface area contributed by atoms with Gasteiger partial charge in [-0.2, -0.15) is 4.80 Å². The number of hydrogen-bond donors (Lipinski definition) is 1. The van der Waals surface area contributed by atoms with Crippen molar-refractivity contribution >= 4 is 17.0 Å². The van der Waals surface area contributed by atoms with Crippen LogP contribution in [0.4, 0.5) is 0 Å². The third kappa shape index (κ3) is 2.06. The fourth-order valence-corrected chi connectivity index (χ4v) is 1.92. The summed E-state index contributed by atoms with van der Waals surface area (Å²) in [6, 6.07) is 12.5. The molecule has 0 amide bonds. The molecule has 94 valence electrons. The molecular formula is C14H11N3O2. The van der Waals surface area contributed by atoms with E-state index >= 15 is 0 Å². The molecule has 0 aliphatic heterocycles. The van der Waals surface area contributed by atoms with Crippen LogP contribution in [-0.4, -0.2) is 26.1 Å². The summed E-state index contributed by atoms with van der Waals surface area (Å²) in [4.78, 5) is 12.4. The first-order valence-corrected chi connectivity index (χ1v) is 5.81. The molecule has 5 heteroatoms. The van der Waals surface area contributed by atoms with Crippen LogP contribution >= 0.6 is 0 Å². The van der Waals surface area contributed by atoms with Gasteiger partial charge in [0.15, 0.2) is 0 Å². The number of aromatic nitrogens is 3. The molecule has 0 unspecified atom stereocenters. The van der Waals surface area contributed by atoms with Crippen LogP contribution in [-0.2, 0) is 0 Å². The monoisotopic (exact) mass is 253 g/mol. The molecule has 2 aromatic carbocycles. The van der Waals surface area contributed by atoms with Crippen molar-refractivity contribution in [3.8, 4) is 5.69 Å². The van der Waals surface area contributed by atoms with Crippen LogP contribution in [0, 0.1) is 6.92 Å². The summed E-state index contributed by atoms with van der Waals surface area (Å²) < 4.78 is 0. The van der Waals surface area contributed by atoms with Crippen molar-refractivity contribution in [2.24, 2.45) is 0 Å². The zero-order chi connectivity index (χ0) is 13.4. The quantitative estimate of drug-likeness (QED) is 0.761. The number of hydrogen-bond acceptors (Lipinski definition) is 3. The van der Waals surface area contributed by atoms with Crippen LogP contribution in [0.2, 0.25) is 0 Å². The average molecular weight is 253 g/mol. The minimum absolute atomic E-state index is 0.212. The lowest BCUT2D eigenvalue weighted by Gasteiger charge is -1.99. The molecule has 5 nitrogen and oxygen atoms in total. The van der Waals surface area contributed by atoms with Crippen molar-refractivity contribution < 1.29 is 9.90 Å². The smallest absolute Gasteiger partial charge is 0.335 e. The Labute approximate surface area is 109 Å². The number of aryl methyl sites for hydroxylation is 1. The Balaban J connectivity index is 2.14. The van der Waals surface area contributed by atoms with Gasteiger partial charge in [-0.15, -0.1) is 10.2 Å². The summed E-state index contributed by atoms with van der Waals surface area (Å²) in [6.07, 6.45) is 0. The highest BCUT2D eigenvalue weighted by Gasteiger charge is 2.08. The Morgan fingerprint density at radius 1 is 1.11 bits per heavy atom. The van der Waals surface area contributed by atoms with Crippen LogP contribution in [0.25, 0.3) is 16.7 Å². The minimum atomic E-state index is -0.966. The lowest BCUT2D eigenvalue weighted by atomic mass is 10.2. The van der Waals surface area contributed by atoms with Gasteiger partial charge < -0.3 is 5.11 Å². The molecule has 0 radical (unpaired) electrons. The summed E-state index contributed by atoms with van der Waals surface area (Å²) in [6.45, 7) is 2.00. The molecule has 1 N–H and O–H groups in total. The predicted molar refractivity (Wildman–Crippen MR) is 70.6 cm³/mol. The summed E-state index contributed by atoms with van der Waals surface area (Å²) in [7, 11) is 0. The van der Waals surface area contributed by atoms with Gasteiger partial charge >= 0.3 is 5.97 Å². The lowest BCUT2D eigenvalue weighted by molar-refractivity contribution is 0.0697. The van der Waals surface area contributed by atoms with E-state index in [4.69, 9.17) is 5.11 Å². The van der Waals surface area contributed by atoms with Crippen molar-refractivity contribution in [1.29, 1.82) is 0 Å². The number of benzene rings is 2.